The minimum atomic E-state index is -0.723. The fourth-order valence-electron chi connectivity index (χ4n) is 1.15. The fraction of sp³-hybridized carbons (Fsp3) is 0.300. The van der Waals surface area contributed by atoms with Gasteiger partial charge in [-0.2, -0.15) is 0 Å². The molecule has 1 aromatic rings. The number of amides is 1. The number of benzene rings is 1. The molecule has 0 heterocycles. The van der Waals surface area contributed by atoms with Gasteiger partial charge in [-0.1, -0.05) is 11.6 Å². The highest BCUT2D eigenvalue weighted by molar-refractivity contribution is 6.32. The van der Waals surface area contributed by atoms with E-state index in [1.807, 2.05) is 0 Å². The normalized spacial score (nSPS) is 11.7. The Morgan fingerprint density at radius 3 is 2.71 bits per heavy atom. The summed E-state index contributed by atoms with van der Waals surface area (Å²) in [5.74, 6) is -0.0761. The summed E-state index contributed by atoms with van der Waals surface area (Å²) in [6.07, 6.45) is -0.723. The Hall–Kier alpha value is -1.82. The van der Waals surface area contributed by atoms with Gasteiger partial charge in [0.15, 0.2) is 6.10 Å². The van der Waals surface area contributed by atoms with Gasteiger partial charge in [0.05, 0.1) is 9.95 Å². The van der Waals surface area contributed by atoms with Gasteiger partial charge in [0.1, 0.15) is 5.75 Å². The first-order valence-corrected chi connectivity index (χ1v) is 5.15. The smallest absolute Gasteiger partial charge is 0.271 e. The first kappa shape index (κ1) is 13.2. The van der Waals surface area contributed by atoms with E-state index in [4.69, 9.17) is 16.3 Å². The Morgan fingerprint density at radius 2 is 2.24 bits per heavy atom. The Bertz CT molecular complexity index is 450. The summed E-state index contributed by atoms with van der Waals surface area (Å²) in [6, 6.07) is 3.80. The van der Waals surface area contributed by atoms with Crippen LogP contribution in [-0.2, 0) is 4.79 Å². The molecule has 92 valence electrons. The molecule has 0 aliphatic carbocycles. The number of halogens is 1. The number of carbonyl (C=O) groups is 1. The number of likely N-dealkylation sites (N-methyl/N-ethyl adjacent to an activating group) is 1. The maximum atomic E-state index is 11.2. The van der Waals surface area contributed by atoms with Gasteiger partial charge in [0.2, 0.25) is 0 Å². The summed E-state index contributed by atoms with van der Waals surface area (Å²) in [5, 5.41) is 13.0. The van der Waals surface area contributed by atoms with Crippen molar-refractivity contribution in [2.24, 2.45) is 0 Å². The van der Waals surface area contributed by atoms with Crippen LogP contribution in [0.5, 0.6) is 5.75 Å². The second kappa shape index (κ2) is 5.49. The molecule has 0 fully saturated rings. The topological polar surface area (TPSA) is 81.5 Å². The summed E-state index contributed by atoms with van der Waals surface area (Å²) in [4.78, 5) is 21.1. The summed E-state index contributed by atoms with van der Waals surface area (Å²) in [5.41, 5.74) is -0.130. The van der Waals surface area contributed by atoms with Crippen LogP contribution in [-0.4, -0.2) is 24.0 Å². The van der Waals surface area contributed by atoms with E-state index in [0.717, 1.165) is 0 Å². The van der Waals surface area contributed by atoms with Crippen molar-refractivity contribution in [3.05, 3.63) is 33.3 Å². The first-order chi connectivity index (χ1) is 7.95. The molecular formula is C10H11ClN2O4. The second-order valence-corrected chi connectivity index (χ2v) is 3.65. The number of rotatable bonds is 4. The summed E-state index contributed by atoms with van der Waals surface area (Å²) in [6.45, 7) is 1.55. The predicted molar refractivity (Wildman–Crippen MR) is 62.3 cm³/mol. The van der Waals surface area contributed by atoms with E-state index in [2.05, 4.69) is 5.32 Å². The monoisotopic (exact) mass is 258 g/mol. The van der Waals surface area contributed by atoms with E-state index in [-0.39, 0.29) is 22.4 Å². The van der Waals surface area contributed by atoms with Crippen molar-refractivity contribution in [2.75, 3.05) is 7.05 Å². The third-order valence-electron chi connectivity index (χ3n) is 2.05. The van der Waals surface area contributed by atoms with Crippen LogP contribution in [0.15, 0.2) is 18.2 Å². The molecule has 1 amide bonds. The zero-order valence-electron chi connectivity index (χ0n) is 9.27. The van der Waals surface area contributed by atoms with Gasteiger partial charge in [-0.25, -0.2) is 0 Å². The number of nitrogens with one attached hydrogen (secondary N) is 1. The van der Waals surface area contributed by atoms with Crippen LogP contribution < -0.4 is 10.1 Å². The molecule has 0 bridgehead atoms. The van der Waals surface area contributed by atoms with Gasteiger partial charge in [0.25, 0.3) is 11.6 Å². The van der Waals surface area contributed by atoms with Gasteiger partial charge in [0, 0.05) is 19.2 Å². The number of nitro groups is 1. The van der Waals surface area contributed by atoms with Crippen LogP contribution in [0.1, 0.15) is 6.92 Å². The fourth-order valence-corrected chi connectivity index (χ4v) is 1.37. The molecule has 17 heavy (non-hydrogen) atoms. The molecule has 0 saturated heterocycles. The van der Waals surface area contributed by atoms with E-state index in [1.165, 1.54) is 25.2 Å². The average molecular weight is 259 g/mol. The molecule has 1 aromatic carbocycles. The molecule has 1 atom stereocenters. The van der Waals surface area contributed by atoms with Gasteiger partial charge in [-0.15, -0.1) is 0 Å². The number of nitrogens with zero attached hydrogens (tertiary/aromatic N) is 1. The lowest BCUT2D eigenvalue weighted by atomic mass is 10.3. The molecule has 0 spiro atoms. The van der Waals surface area contributed by atoms with Gasteiger partial charge < -0.3 is 10.1 Å². The number of nitro benzene ring substituents is 1. The molecule has 6 nitrogen and oxygen atoms in total. The maximum Gasteiger partial charge on any atom is 0.271 e. The van der Waals surface area contributed by atoms with Crippen LogP contribution in [0.3, 0.4) is 0 Å². The molecule has 0 unspecified atom stereocenters. The maximum absolute atomic E-state index is 11.2. The minimum absolute atomic E-state index is 0.0925. The SMILES string of the molecule is CNC(=O)[C@H](C)Oc1ccc([N+](=O)[O-])cc1Cl. The van der Waals surface area contributed by atoms with Gasteiger partial charge in [-0.05, 0) is 13.0 Å². The van der Waals surface area contributed by atoms with Gasteiger partial charge >= 0.3 is 0 Å². The Balaban J connectivity index is 2.86. The van der Waals surface area contributed by atoms with Crippen molar-refractivity contribution in [3.8, 4) is 5.75 Å². The predicted octanol–water partition coefficient (Wildman–Crippen LogP) is 1.76. The Labute approximate surface area is 103 Å². The third-order valence-corrected chi connectivity index (χ3v) is 2.34. The first-order valence-electron chi connectivity index (χ1n) is 4.78. The largest absolute Gasteiger partial charge is 0.479 e. The van der Waals surface area contributed by atoms with Crippen molar-refractivity contribution < 1.29 is 14.5 Å². The number of hydrogen-bond donors (Lipinski definition) is 1. The molecule has 0 aromatic heterocycles. The van der Waals surface area contributed by atoms with Crippen LogP contribution in [0.2, 0.25) is 5.02 Å². The lowest BCUT2D eigenvalue weighted by molar-refractivity contribution is -0.384. The number of carbonyl (C=O) groups excluding carboxylic acids is 1. The van der Waals surface area contributed by atoms with E-state index < -0.39 is 11.0 Å². The quantitative estimate of drug-likeness (QED) is 0.659. The van der Waals surface area contributed by atoms with Crippen LogP contribution in [0.25, 0.3) is 0 Å². The number of non-ortho nitro benzene ring substituents is 1. The number of hydrogen-bond acceptors (Lipinski definition) is 4. The molecule has 7 heteroatoms. The molecule has 0 aliphatic heterocycles. The van der Waals surface area contributed by atoms with Crippen LogP contribution in [0, 0.1) is 10.1 Å². The van der Waals surface area contributed by atoms with Crippen molar-refractivity contribution in [2.45, 2.75) is 13.0 Å². The average Bonchev–Trinajstić information content (AvgIpc) is 2.30. The second-order valence-electron chi connectivity index (χ2n) is 3.25. The van der Waals surface area contributed by atoms with E-state index in [1.54, 1.807) is 6.92 Å². The Kier molecular flexibility index (Phi) is 4.28. The summed E-state index contributed by atoms with van der Waals surface area (Å²) in [7, 11) is 1.49. The standard InChI is InChI=1S/C10H11ClN2O4/c1-6(10(14)12-2)17-9-4-3-7(13(15)16)5-8(9)11/h3-6H,1-2H3,(H,12,14)/t6-/m0/s1. The third kappa shape index (κ3) is 3.32. The van der Waals surface area contributed by atoms with Crippen molar-refractivity contribution >= 4 is 23.2 Å². The summed E-state index contributed by atoms with van der Waals surface area (Å²) < 4.78 is 5.27. The molecule has 1 rings (SSSR count). The molecular weight excluding hydrogens is 248 g/mol. The van der Waals surface area contributed by atoms with E-state index in [0.29, 0.717) is 0 Å². The zero-order chi connectivity index (χ0) is 13.0. The molecule has 0 radical (unpaired) electrons. The van der Waals surface area contributed by atoms with E-state index >= 15 is 0 Å². The highest BCUT2D eigenvalue weighted by Crippen LogP contribution is 2.29. The highest BCUT2D eigenvalue weighted by atomic mass is 35.5. The van der Waals surface area contributed by atoms with Crippen LogP contribution in [0.4, 0.5) is 5.69 Å². The van der Waals surface area contributed by atoms with Crippen molar-refractivity contribution in [1.29, 1.82) is 0 Å². The minimum Gasteiger partial charge on any atom is -0.479 e. The lowest BCUT2D eigenvalue weighted by Crippen LogP contribution is -2.33. The van der Waals surface area contributed by atoms with Crippen molar-refractivity contribution in [1.82, 2.24) is 5.32 Å². The highest BCUT2D eigenvalue weighted by Gasteiger charge is 2.16. The molecule has 1 N–H and O–H groups in total. The van der Waals surface area contributed by atoms with Crippen LogP contribution >= 0.6 is 11.6 Å². The van der Waals surface area contributed by atoms with Crippen molar-refractivity contribution in [3.63, 3.8) is 0 Å². The summed E-state index contributed by atoms with van der Waals surface area (Å²) >= 11 is 5.80. The Morgan fingerprint density at radius 1 is 1.59 bits per heavy atom. The van der Waals surface area contributed by atoms with E-state index in [9.17, 15) is 14.9 Å². The molecule has 0 saturated carbocycles. The number of ether oxygens (including phenoxy) is 1. The zero-order valence-corrected chi connectivity index (χ0v) is 10.0. The van der Waals surface area contributed by atoms with Gasteiger partial charge in [-0.3, -0.25) is 14.9 Å². The molecule has 0 aliphatic rings. The lowest BCUT2D eigenvalue weighted by Gasteiger charge is -2.13.